The Kier molecular flexibility index (Phi) is 4.54. The Hall–Kier alpha value is -1.19. The molecule has 0 saturated heterocycles. The first-order valence-corrected chi connectivity index (χ1v) is 5.67. The second kappa shape index (κ2) is 5.43. The first kappa shape index (κ1) is 15.9. The Morgan fingerprint density at radius 1 is 1.21 bits per heavy atom. The molecule has 10 heteroatoms. The molecule has 0 aliphatic rings. The van der Waals surface area contributed by atoms with E-state index in [0.29, 0.717) is 6.20 Å². The predicted octanol–water partition coefficient (Wildman–Crippen LogP) is 3.90. The van der Waals surface area contributed by atoms with Gasteiger partial charge in [0.05, 0.1) is 7.11 Å². The van der Waals surface area contributed by atoms with E-state index >= 15 is 0 Å². The van der Waals surface area contributed by atoms with Gasteiger partial charge in [-0.2, -0.15) is 13.2 Å². The maximum Gasteiger partial charge on any atom is 0.574 e. The minimum atomic E-state index is -5.17. The highest BCUT2D eigenvalue weighted by atomic mass is 79.9. The van der Waals surface area contributed by atoms with Crippen LogP contribution in [0.15, 0.2) is 6.20 Å². The number of alkyl halides is 7. The van der Waals surface area contributed by atoms with Crippen LogP contribution in [0.25, 0.3) is 0 Å². The summed E-state index contributed by atoms with van der Waals surface area (Å²) in [6.45, 7) is 0. The maximum absolute atomic E-state index is 12.8. The van der Waals surface area contributed by atoms with Gasteiger partial charge in [0, 0.05) is 11.5 Å². The quantitative estimate of drug-likeness (QED) is 0.610. The molecule has 0 fully saturated rings. The predicted molar refractivity (Wildman–Crippen MR) is 55.1 cm³/mol. The number of hydrogen-bond donors (Lipinski definition) is 0. The Balaban J connectivity index is 3.45. The summed E-state index contributed by atoms with van der Waals surface area (Å²) in [7, 11) is 0.799. The SMILES string of the molecule is COc1c(OC(F)(F)F)ncc(CBr)c1C(F)(F)F. The number of halogens is 7. The van der Waals surface area contributed by atoms with Crippen LogP contribution in [0.2, 0.25) is 0 Å². The molecule has 0 unspecified atom stereocenters. The lowest BCUT2D eigenvalue weighted by Crippen LogP contribution is -2.20. The fraction of sp³-hybridized carbons (Fsp3) is 0.444. The van der Waals surface area contributed by atoms with E-state index in [1.807, 2.05) is 0 Å². The minimum absolute atomic E-state index is 0.252. The van der Waals surface area contributed by atoms with Gasteiger partial charge in [-0.3, -0.25) is 0 Å². The molecule has 0 aromatic carbocycles. The molecule has 0 N–H and O–H groups in total. The van der Waals surface area contributed by atoms with Crippen LogP contribution in [-0.4, -0.2) is 18.5 Å². The zero-order valence-corrected chi connectivity index (χ0v) is 10.8. The highest BCUT2D eigenvalue weighted by molar-refractivity contribution is 9.08. The van der Waals surface area contributed by atoms with Gasteiger partial charge < -0.3 is 9.47 Å². The van der Waals surface area contributed by atoms with Crippen molar-refractivity contribution in [3.63, 3.8) is 0 Å². The number of nitrogens with zero attached hydrogens (tertiary/aromatic N) is 1. The van der Waals surface area contributed by atoms with Crippen LogP contribution in [0.1, 0.15) is 11.1 Å². The summed E-state index contributed by atoms with van der Waals surface area (Å²) in [5.74, 6) is -2.39. The summed E-state index contributed by atoms with van der Waals surface area (Å²) in [6, 6.07) is 0. The maximum atomic E-state index is 12.8. The second-order valence-electron chi connectivity index (χ2n) is 3.18. The average molecular weight is 354 g/mol. The molecule has 0 bridgehead atoms. The molecule has 0 aliphatic carbocycles. The van der Waals surface area contributed by atoms with E-state index in [2.05, 4.69) is 30.4 Å². The number of rotatable bonds is 3. The Morgan fingerprint density at radius 2 is 1.79 bits per heavy atom. The molecule has 19 heavy (non-hydrogen) atoms. The summed E-state index contributed by atoms with van der Waals surface area (Å²) in [5, 5.41) is -0.252. The van der Waals surface area contributed by atoms with E-state index in [9.17, 15) is 26.3 Å². The molecule has 1 heterocycles. The summed E-state index contributed by atoms with van der Waals surface area (Å²) in [5.41, 5.74) is -1.72. The molecule has 0 radical (unpaired) electrons. The molecular weight excluding hydrogens is 348 g/mol. The highest BCUT2D eigenvalue weighted by Gasteiger charge is 2.41. The van der Waals surface area contributed by atoms with Gasteiger partial charge in [0.1, 0.15) is 5.56 Å². The number of ether oxygens (including phenoxy) is 2. The Bertz CT molecular complexity index is 459. The average Bonchev–Trinajstić information content (AvgIpc) is 2.25. The molecule has 3 nitrogen and oxygen atoms in total. The fourth-order valence-electron chi connectivity index (χ4n) is 1.30. The smallest absolute Gasteiger partial charge is 0.491 e. The van der Waals surface area contributed by atoms with E-state index < -0.39 is 29.7 Å². The first-order chi connectivity index (χ1) is 8.60. The molecule has 1 aromatic heterocycles. The normalized spacial score (nSPS) is 12.4. The lowest BCUT2D eigenvalue weighted by molar-refractivity contribution is -0.276. The van der Waals surface area contributed by atoms with Crippen LogP contribution in [0, 0.1) is 0 Å². The van der Waals surface area contributed by atoms with Crippen molar-refractivity contribution < 1.29 is 35.8 Å². The summed E-state index contributed by atoms with van der Waals surface area (Å²) in [6.07, 6.45) is -9.43. The monoisotopic (exact) mass is 353 g/mol. The molecule has 1 rings (SSSR count). The van der Waals surface area contributed by atoms with Crippen molar-refractivity contribution in [2.24, 2.45) is 0 Å². The molecule has 1 aromatic rings. The van der Waals surface area contributed by atoms with Gasteiger partial charge in [-0.25, -0.2) is 4.98 Å². The molecular formula is C9H6BrF6NO2. The van der Waals surface area contributed by atoms with Gasteiger partial charge >= 0.3 is 12.5 Å². The van der Waals surface area contributed by atoms with Crippen LogP contribution in [-0.2, 0) is 11.5 Å². The van der Waals surface area contributed by atoms with Crippen LogP contribution < -0.4 is 9.47 Å². The van der Waals surface area contributed by atoms with Crippen LogP contribution >= 0.6 is 15.9 Å². The number of pyridine rings is 1. The van der Waals surface area contributed by atoms with Crippen molar-refractivity contribution in [3.05, 3.63) is 17.3 Å². The van der Waals surface area contributed by atoms with Crippen LogP contribution in [0.5, 0.6) is 11.6 Å². The zero-order valence-electron chi connectivity index (χ0n) is 9.19. The lowest BCUT2D eigenvalue weighted by atomic mass is 10.1. The highest BCUT2D eigenvalue weighted by Crippen LogP contribution is 2.44. The molecule has 0 saturated carbocycles. The van der Waals surface area contributed by atoms with Gasteiger partial charge in [-0.1, -0.05) is 15.9 Å². The molecule has 0 spiro atoms. The first-order valence-electron chi connectivity index (χ1n) is 4.55. The fourth-order valence-corrected chi connectivity index (χ4v) is 1.72. The van der Waals surface area contributed by atoms with Crippen molar-refractivity contribution in [3.8, 4) is 11.6 Å². The van der Waals surface area contributed by atoms with Gasteiger partial charge in [-0.15, -0.1) is 13.2 Å². The number of aromatic nitrogens is 1. The standard InChI is InChI=1S/C9H6BrF6NO2/c1-18-6-5(8(11,12)13)4(2-10)3-17-7(6)19-9(14,15)16/h3H,2H2,1H3. The van der Waals surface area contributed by atoms with E-state index in [1.165, 1.54) is 0 Å². The van der Waals surface area contributed by atoms with Gasteiger partial charge in [0.15, 0.2) is 5.75 Å². The largest absolute Gasteiger partial charge is 0.574 e. The van der Waals surface area contributed by atoms with E-state index in [0.717, 1.165) is 7.11 Å². The van der Waals surface area contributed by atoms with Crippen molar-refractivity contribution >= 4 is 15.9 Å². The summed E-state index contributed by atoms with van der Waals surface area (Å²) in [4.78, 5) is 3.18. The Labute approximate surface area is 111 Å². The van der Waals surface area contributed by atoms with Crippen molar-refractivity contribution in [1.82, 2.24) is 4.98 Å². The molecule has 108 valence electrons. The molecule has 0 aliphatic heterocycles. The minimum Gasteiger partial charge on any atom is -0.491 e. The third kappa shape index (κ3) is 3.88. The summed E-state index contributed by atoms with van der Waals surface area (Å²) >= 11 is 2.79. The van der Waals surface area contributed by atoms with Crippen LogP contribution in [0.3, 0.4) is 0 Å². The van der Waals surface area contributed by atoms with Gasteiger partial charge in [0.2, 0.25) is 0 Å². The van der Waals surface area contributed by atoms with Crippen molar-refractivity contribution in [1.29, 1.82) is 0 Å². The second-order valence-corrected chi connectivity index (χ2v) is 3.74. The van der Waals surface area contributed by atoms with Gasteiger partial charge in [0.25, 0.3) is 5.88 Å². The van der Waals surface area contributed by atoms with Gasteiger partial charge in [-0.05, 0) is 5.56 Å². The molecule has 0 atom stereocenters. The van der Waals surface area contributed by atoms with E-state index in [1.54, 1.807) is 0 Å². The third-order valence-corrected chi connectivity index (χ3v) is 2.53. The topological polar surface area (TPSA) is 31.4 Å². The van der Waals surface area contributed by atoms with Crippen molar-refractivity contribution in [2.45, 2.75) is 17.9 Å². The van der Waals surface area contributed by atoms with Crippen LogP contribution in [0.4, 0.5) is 26.3 Å². The zero-order chi connectivity index (χ0) is 14.8. The third-order valence-electron chi connectivity index (χ3n) is 1.92. The van der Waals surface area contributed by atoms with Crippen molar-refractivity contribution in [2.75, 3.05) is 7.11 Å². The van der Waals surface area contributed by atoms with E-state index in [-0.39, 0.29) is 10.9 Å². The summed E-state index contributed by atoms with van der Waals surface area (Å²) < 4.78 is 82.4. The molecule has 0 amide bonds. The lowest BCUT2D eigenvalue weighted by Gasteiger charge is -2.18. The number of hydrogen-bond acceptors (Lipinski definition) is 3. The number of methoxy groups -OCH3 is 1. The van der Waals surface area contributed by atoms with E-state index in [4.69, 9.17) is 0 Å². The Morgan fingerprint density at radius 3 is 2.16 bits per heavy atom.